The zero-order chi connectivity index (χ0) is 18.4. The summed E-state index contributed by atoms with van der Waals surface area (Å²) in [7, 11) is 0. The zero-order valence-electron chi connectivity index (χ0n) is 14.2. The summed E-state index contributed by atoms with van der Waals surface area (Å²) in [6.45, 7) is 0. The van der Waals surface area contributed by atoms with Gasteiger partial charge in [0.25, 0.3) is 5.56 Å². The molecule has 0 spiro atoms. The van der Waals surface area contributed by atoms with Crippen LogP contribution in [0.4, 0.5) is 0 Å². The molecular weight excluding hydrogens is 340 g/mol. The van der Waals surface area contributed by atoms with Crippen LogP contribution in [0, 0.1) is 0 Å². The van der Waals surface area contributed by atoms with Crippen LogP contribution in [0.2, 0.25) is 0 Å². The van der Waals surface area contributed by atoms with Gasteiger partial charge in [-0.25, -0.2) is 4.79 Å². The van der Waals surface area contributed by atoms with Gasteiger partial charge in [-0.3, -0.25) is 4.79 Å². The number of esters is 1. The summed E-state index contributed by atoms with van der Waals surface area (Å²) in [6, 6.07) is 23.8. The van der Waals surface area contributed by atoms with Crippen LogP contribution in [0.5, 0.6) is 0 Å². The van der Waals surface area contributed by atoms with Crippen molar-refractivity contribution in [1.29, 1.82) is 0 Å². The second kappa shape index (κ2) is 5.92. The fourth-order valence-corrected chi connectivity index (χ4v) is 3.50. The third-order valence-electron chi connectivity index (χ3n) is 4.77. The molecule has 2 heterocycles. The topological polar surface area (TPSA) is 61.2 Å². The highest BCUT2D eigenvalue weighted by atomic mass is 16.5. The molecule has 0 saturated heterocycles. The van der Waals surface area contributed by atoms with Crippen molar-refractivity contribution in [2.24, 2.45) is 0 Å². The van der Waals surface area contributed by atoms with Gasteiger partial charge in [-0.1, -0.05) is 54.6 Å². The molecule has 0 aliphatic carbocycles. The number of nitrogens with zero attached hydrogens (tertiary/aromatic N) is 2. The lowest BCUT2D eigenvalue weighted by atomic mass is 10.00. The number of hydrogen-bond donors (Lipinski definition) is 0. The van der Waals surface area contributed by atoms with E-state index in [1.807, 2.05) is 60.7 Å². The first kappa shape index (κ1) is 15.5. The van der Waals surface area contributed by atoms with E-state index in [2.05, 4.69) is 5.10 Å². The average molecular weight is 354 g/mol. The van der Waals surface area contributed by atoms with Crippen molar-refractivity contribution >= 4 is 16.7 Å². The molecule has 1 aliphatic heterocycles. The maximum absolute atomic E-state index is 13.0. The average Bonchev–Trinajstić information content (AvgIpc) is 3.06. The van der Waals surface area contributed by atoms with Crippen molar-refractivity contribution in [2.45, 2.75) is 6.10 Å². The molecule has 0 unspecified atom stereocenters. The van der Waals surface area contributed by atoms with Gasteiger partial charge in [0, 0.05) is 10.9 Å². The number of rotatable bonds is 2. The predicted octanol–water partition coefficient (Wildman–Crippen LogP) is 3.65. The number of benzene rings is 3. The van der Waals surface area contributed by atoms with E-state index in [1.54, 1.807) is 18.2 Å². The standard InChI is InChI=1S/C22H14N2O3/c25-21-17-12-6-4-10-15(17)19(23-24(21)14-8-2-1-3-9-14)20-16-11-5-7-13-18(16)22(26)27-20/h1-13,20H/t20-/m0/s1. The van der Waals surface area contributed by atoms with E-state index in [4.69, 9.17) is 4.74 Å². The lowest BCUT2D eigenvalue weighted by molar-refractivity contribution is 0.0450. The summed E-state index contributed by atoms with van der Waals surface area (Å²) in [5.74, 6) is -0.376. The largest absolute Gasteiger partial charge is 0.447 e. The van der Waals surface area contributed by atoms with Crippen molar-refractivity contribution in [2.75, 3.05) is 0 Å². The fourth-order valence-electron chi connectivity index (χ4n) is 3.50. The Hall–Kier alpha value is -3.73. The highest BCUT2D eigenvalue weighted by Gasteiger charge is 2.34. The first-order chi connectivity index (χ1) is 13.2. The van der Waals surface area contributed by atoms with Gasteiger partial charge in [0.15, 0.2) is 6.10 Å². The maximum atomic E-state index is 13.0. The number of cyclic esters (lactones) is 1. The normalized spacial score (nSPS) is 15.6. The molecule has 5 nitrogen and oxygen atoms in total. The Morgan fingerprint density at radius 2 is 1.44 bits per heavy atom. The Labute approximate surface area is 154 Å². The number of carbonyl (C=O) groups excluding carboxylic acids is 1. The molecule has 1 aromatic heterocycles. The van der Waals surface area contributed by atoms with E-state index in [0.717, 1.165) is 5.56 Å². The Morgan fingerprint density at radius 3 is 2.26 bits per heavy atom. The lowest BCUT2D eigenvalue weighted by Crippen LogP contribution is -2.24. The van der Waals surface area contributed by atoms with Crippen LogP contribution in [0.25, 0.3) is 16.5 Å². The smallest absolute Gasteiger partial charge is 0.339 e. The predicted molar refractivity (Wildman–Crippen MR) is 101 cm³/mol. The fraction of sp³-hybridized carbons (Fsp3) is 0.0455. The van der Waals surface area contributed by atoms with Crippen LogP contribution in [0.15, 0.2) is 83.7 Å². The minimum atomic E-state index is -0.644. The summed E-state index contributed by atoms with van der Waals surface area (Å²) >= 11 is 0. The molecule has 5 heteroatoms. The van der Waals surface area contributed by atoms with Crippen LogP contribution < -0.4 is 5.56 Å². The molecule has 0 radical (unpaired) electrons. The Kier molecular flexibility index (Phi) is 3.40. The number of fused-ring (bicyclic) bond motifs is 2. The molecule has 27 heavy (non-hydrogen) atoms. The molecule has 0 N–H and O–H groups in total. The molecule has 5 rings (SSSR count). The lowest BCUT2D eigenvalue weighted by Gasteiger charge is -2.15. The summed E-state index contributed by atoms with van der Waals surface area (Å²) in [5.41, 5.74) is 2.29. The molecule has 0 bridgehead atoms. The summed E-state index contributed by atoms with van der Waals surface area (Å²) in [4.78, 5) is 25.3. The highest BCUT2D eigenvalue weighted by Crippen LogP contribution is 2.37. The van der Waals surface area contributed by atoms with Gasteiger partial charge in [0.2, 0.25) is 0 Å². The Bertz CT molecular complexity index is 1250. The van der Waals surface area contributed by atoms with Crippen molar-refractivity contribution in [1.82, 2.24) is 9.78 Å². The van der Waals surface area contributed by atoms with Crippen LogP contribution in [-0.4, -0.2) is 15.7 Å². The van der Waals surface area contributed by atoms with Gasteiger partial charge < -0.3 is 4.74 Å². The second-order valence-electron chi connectivity index (χ2n) is 6.36. The molecule has 1 aliphatic rings. The minimum Gasteiger partial charge on any atom is -0.447 e. The third kappa shape index (κ3) is 2.36. The van der Waals surface area contributed by atoms with Crippen molar-refractivity contribution in [3.63, 3.8) is 0 Å². The van der Waals surface area contributed by atoms with Gasteiger partial charge in [0.05, 0.1) is 16.6 Å². The van der Waals surface area contributed by atoms with Gasteiger partial charge in [0.1, 0.15) is 5.69 Å². The number of aromatic nitrogens is 2. The first-order valence-corrected chi connectivity index (χ1v) is 8.61. The number of carbonyl (C=O) groups is 1. The van der Waals surface area contributed by atoms with Crippen molar-refractivity contribution in [3.8, 4) is 5.69 Å². The van der Waals surface area contributed by atoms with E-state index < -0.39 is 6.10 Å². The molecule has 0 saturated carbocycles. The molecule has 4 aromatic rings. The van der Waals surface area contributed by atoms with Crippen LogP contribution in [0.3, 0.4) is 0 Å². The quantitative estimate of drug-likeness (QED) is 0.516. The van der Waals surface area contributed by atoms with Crippen molar-refractivity contribution < 1.29 is 9.53 Å². The van der Waals surface area contributed by atoms with E-state index in [-0.39, 0.29) is 11.5 Å². The molecule has 1 atom stereocenters. The molecule has 0 fully saturated rings. The van der Waals surface area contributed by atoms with Crippen LogP contribution >= 0.6 is 0 Å². The monoisotopic (exact) mass is 354 g/mol. The molecular formula is C22H14N2O3. The number of hydrogen-bond acceptors (Lipinski definition) is 4. The van der Waals surface area contributed by atoms with Crippen LogP contribution in [-0.2, 0) is 4.74 Å². The van der Waals surface area contributed by atoms with E-state index in [0.29, 0.717) is 27.7 Å². The van der Waals surface area contributed by atoms with Crippen LogP contribution in [0.1, 0.15) is 27.7 Å². The SMILES string of the molecule is O=C1O[C@H](c2nn(-c3ccccc3)c(=O)c3ccccc23)c2ccccc21. The molecule has 3 aromatic carbocycles. The summed E-state index contributed by atoms with van der Waals surface area (Å²) in [6.07, 6.45) is -0.644. The van der Waals surface area contributed by atoms with E-state index in [1.165, 1.54) is 4.68 Å². The zero-order valence-corrected chi connectivity index (χ0v) is 14.2. The van der Waals surface area contributed by atoms with Crippen molar-refractivity contribution in [3.05, 3.63) is 106 Å². The van der Waals surface area contributed by atoms with Gasteiger partial charge in [-0.2, -0.15) is 9.78 Å². The van der Waals surface area contributed by atoms with Gasteiger partial charge >= 0.3 is 5.97 Å². The maximum Gasteiger partial charge on any atom is 0.339 e. The van der Waals surface area contributed by atoms with E-state index >= 15 is 0 Å². The van der Waals surface area contributed by atoms with E-state index in [9.17, 15) is 9.59 Å². The Morgan fingerprint density at radius 1 is 0.778 bits per heavy atom. The highest BCUT2D eigenvalue weighted by molar-refractivity contribution is 5.95. The number of para-hydroxylation sites is 1. The third-order valence-corrected chi connectivity index (χ3v) is 4.77. The van der Waals surface area contributed by atoms with Gasteiger partial charge in [-0.15, -0.1) is 0 Å². The Balaban J connectivity index is 1.82. The summed E-state index contributed by atoms with van der Waals surface area (Å²) in [5, 5.41) is 5.83. The minimum absolute atomic E-state index is 0.210. The first-order valence-electron chi connectivity index (χ1n) is 8.61. The molecule has 0 amide bonds. The van der Waals surface area contributed by atoms with Gasteiger partial charge in [-0.05, 0) is 24.3 Å². The number of ether oxygens (including phenoxy) is 1. The summed E-state index contributed by atoms with van der Waals surface area (Å²) < 4.78 is 7.01. The second-order valence-corrected chi connectivity index (χ2v) is 6.36. The molecule has 130 valence electrons.